The van der Waals surface area contributed by atoms with E-state index in [1.165, 1.54) is 0 Å². The van der Waals surface area contributed by atoms with E-state index in [4.69, 9.17) is 4.74 Å². The lowest BCUT2D eigenvalue weighted by atomic mass is 10.2. The van der Waals surface area contributed by atoms with Crippen LogP contribution in [0.25, 0.3) is 0 Å². The fourth-order valence-corrected chi connectivity index (χ4v) is 3.25. The van der Waals surface area contributed by atoms with E-state index in [2.05, 4.69) is 4.72 Å². The van der Waals surface area contributed by atoms with Crippen molar-refractivity contribution in [2.45, 2.75) is 30.8 Å². The summed E-state index contributed by atoms with van der Waals surface area (Å²) in [4.78, 5) is 0.345. The molecule has 17 heavy (non-hydrogen) atoms. The zero-order chi connectivity index (χ0) is 12.3. The summed E-state index contributed by atoms with van der Waals surface area (Å²) in [5.74, 6) is 0. The van der Waals surface area contributed by atoms with Crippen molar-refractivity contribution >= 4 is 10.0 Å². The third-order valence-electron chi connectivity index (χ3n) is 2.91. The van der Waals surface area contributed by atoms with Crippen LogP contribution in [0.2, 0.25) is 0 Å². The van der Waals surface area contributed by atoms with E-state index in [0.717, 1.165) is 25.0 Å². The van der Waals surface area contributed by atoms with Crippen LogP contribution >= 0.6 is 0 Å². The van der Waals surface area contributed by atoms with Crippen LogP contribution in [0.15, 0.2) is 29.2 Å². The first-order chi connectivity index (χ1) is 8.09. The number of sulfonamides is 1. The molecule has 4 nitrogen and oxygen atoms in total. The fourth-order valence-electron chi connectivity index (χ4n) is 1.94. The Morgan fingerprint density at radius 2 is 2.18 bits per heavy atom. The Kier molecular flexibility index (Phi) is 3.81. The van der Waals surface area contributed by atoms with Crippen molar-refractivity contribution in [3.63, 3.8) is 0 Å². The van der Waals surface area contributed by atoms with Crippen LogP contribution in [0.3, 0.4) is 0 Å². The Labute approximate surface area is 102 Å². The minimum Gasteiger partial charge on any atom is -0.377 e. The predicted molar refractivity (Wildman–Crippen MR) is 65.3 cm³/mol. The summed E-state index contributed by atoms with van der Waals surface area (Å²) in [6.07, 6.45) is 1.96. The Morgan fingerprint density at radius 3 is 2.82 bits per heavy atom. The number of aryl methyl sites for hydroxylation is 1. The van der Waals surface area contributed by atoms with Crippen molar-refractivity contribution in [3.05, 3.63) is 29.8 Å². The van der Waals surface area contributed by atoms with Crippen molar-refractivity contribution in [2.24, 2.45) is 0 Å². The zero-order valence-electron chi connectivity index (χ0n) is 9.85. The number of hydrogen-bond acceptors (Lipinski definition) is 3. The summed E-state index contributed by atoms with van der Waals surface area (Å²) in [6.45, 7) is 2.88. The van der Waals surface area contributed by atoms with Crippen molar-refractivity contribution in [1.82, 2.24) is 4.72 Å². The molecule has 5 heteroatoms. The molecule has 0 spiro atoms. The standard InChI is InChI=1S/C12H17NO3S/c1-10-5-2-3-7-12(10)17(14,15)13-9-11-6-4-8-16-11/h2-3,5,7,11,13H,4,6,8-9H2,1H3/t11-/m0/s1. The Balaban J connectivity index is 2.06. The van der Waals surface area contributed by atoms with Gasteiger partial charge in [-0.1, -0.05) is 18.2 Å². The molecule has 0 unspecified atom stereocenters. The molecule has 94 valence electrons. The number of hydrogen-bond donors (Lipinski definition) is 1. The Bertz CT molecular complexity index is 478. The molecule has 1 fully saturated rings. The van der Waals surface area contributed by atoms with Gasteiger partial charge >= 0.3 is 0 Å². The average Bonchev–Trinajstić information content (AvgIpc) is 2.80. The Morgan fingerprint density at radius 1 is 1.41 bits per heavy atom. The van der Waals surface area contributed by atoms with Crippen molar-refractivity contribution < 1.29 is 13.2 Å². The van der Waals surface area contributed by atoms with Gasteiger partial charge in [0.2, 0.25) is 10.0 Å². The number of nitrogens with one attached hydrogen (secondary N) is 1. The molecule has 0 radical (unpaired) electrons. The second-order valence-electron chi connectivity index (χ2n) is 4.25. The summed E-state index contributed by atoms with van der Waals surface area (Å²) in [5, 5.41) is 0. The second-order valence-corrected chi connectivity index (χ2v) is 5.99. The van der Waals surface area contributed by atoms with Gasteiger partial charge in [-0.15, -0.1) is 0 Å². The normalized spacial score (nSPS) is 20.6. The molecule has 1 N–H and O–H groups in total. The monoisotopic (exact) mass is 255 g/mol. The third-order valence-corrected chi connectivity index (χ3v) is 4.49. The molecule has 1 saturated heterocycles. The maximum absolute atomic E-state index is 12.0. The quantitative estimate of drug-likeness (QED) is 0.886. The molecule has 0 aliphatic carbocycles. The highest BCUT2D eigenvalue weighted by atomic mass is 32.2. The largest absolute Gasteiger partial charge is 0.377 e. The smallest absolute Gasteiger partial charge is 0.240 e. The average molecular weight is 255 g/mol. The van der Waals surface area contributed by atoms with Gasteiger partial charge in [0.1, 0.15) is 0 Å². The maximum atomic E-state index is 12.0. The summed E-state index contributed by atoms with van der Waals surface area (Å²) in [5.41, 5.74) is 0.757. The minimum atomic E-state index is -3.41. The van der Waals surface area contributed by atoms with Crippen LogP contribution in [0.5, 0.6) is 0 Å². The first kappa shape index (κ1) is 12.5. The van der Waals surface area contributed by atoms with Crippen LogP contribution in [0.4, 0.5) is 0 Å². The molecule has 1 aromatic carbocycles. The van der Waals surface area contributed by atoms with Crippen LogP contribution in [0.1, 0.15) is 18.4 Å². The van der Waals surface area contributed by atoms with Crippen LogP contribution in [-0.4, -0.2) is 27.7 Å². The zero-order valence-corrected chi connectivity index (χ0v) is 10.7. The van der Waals surface area contributed by atoms with E-state index < -0.39 is 10.0 Å². The van der Waals surface area contributed by atoms with Gasteiger partial charge < -0.3 is 4.74 Å². The summed E-state index contributed by atoms with van der Waals surface area (Å²) >= 11 is 0. The van der Waals surface area contributed by atoms with Crippen molar-refractivity contribution in [1.29, 1.82) is 0 Å². The van der Waals surface area contributed by atoms with E-state index in [1.54, 1.807) is 25.1 Å². The SMILES string of the molecule is Cc1ccccc1S(=O)(=O)NC[C@@H]1CCCO1. The molecule has 1 atom stereocenters. The van der Waals surface area contributed by atoms with E-state index in [1.807, 2.05) is 6.07 Å². The van der Waals surface area contributed by atoms with Gasteiger partial charge in [-0.2, -0.15) is 0 Å². The molecular weight excluding hydrogens is 238 g/mol. The van der Waals surface area contributed by atoms with Gasteiger partial charge in [-0.25, -0.2) is 13.1 Å². The fraction of sp³-hybridized carbons (Fsp3) is 0.500. The number of ether oxygens (including phenoxy) is 1. The van der Waals surface area contributed by atoms with Gasteiger partial charge in [-0.3, -0.25) is 0 Å². The van der Waals surface area contributed by atoms with Gasteiger partial charge in [0.15, 0.2) is 0 Å². The summed E-state index contributed by atoms with van der Waals surface area (Å²) < 4.78 is 32.1. The van der Waals surface area contributed by atoms with E-state index in [9.17, 15) is 8.42 Å². The third kappa shape index (κ3) is 3.06. The number of benzene rings is 1. The maximum Gasteiger partial charge on any atom is 0.240 e. The Hall–Kier alpha value is -0.910. The summed E-state index contributed by atoms with van der Waals surface area (Å²) in [7, 11) is -3.41. The van der Waals surface area contributed by atoms with E-state index in [-0.39, 0.29) is 6.10 Å². The first-order valence-corrected chi connectivity index (χ1v) is 7.25. The highest BCUT2D eigenvalue weighted by Gasteiger charge is 2.20. The molecule has 1 aliphatic heterocycles. The molecule has 2 rings (SSSR count). The van der Waals surface area contributed by atoms with Crippen LogP contribution < -0.4 is 4.72 Å². The molecule has 0 aromatic heterocycles. The first-order valence-electron chi connectivity index (χ1n) is 5.76. The lowest BCUT2D eigenvalue weighted by molar-refractivity contribution is 0.114. The summed E-state index contributed by atoms with van der Waals surface area (Å²) in [6, 6.07) is 6.97. The second kappa shape index (κ2) is 5.16. The van der Waals surface area contributed by atoms with Crippen LogP contribution in [0, 0.1) is 6.92 Å². The van der Waals surface area contributed by atoms with Crippen molar-refractivity contribution in [3.8, 4) is 0 Å². The van der Waals surface area contributed by atoms with Crippen LogP contribution in [-0.2, 0) is 14.8 Å². The lowest BCUT2D eigenvalue weighted by Gasteiger charge is -2.12. The topological polar surface area (TPSA) is 55.4 Å². The van der Waals surface area contributed by atoms with E-state index >= 15 is 0 Å². The van der Waals surface area contributed by atoms with Gasteiger partial charge in [-0.05, 0) is 31.4 Å². The van der Waals surface area contributed by atoms with Crippen molar-refractivity contribution in [2.75, 3.05) is 13.2 Å². The molecule has 0 amide bonds. The molecular formula is C12H17NO3S. The molecule has 0 saturated carbocycles. The van der Waals surface area contributed by atoms with Gasteiger partial charge in [0, 0.05) is 13.2 Å². The van der Waals surface area contributed by atoms with Gasteiger partial charge in [0.25, 0.3) is 0 Å². The van der Waals surface area contributed by atoms with Gasteiger partial charge in [0.05, 0.1) is 11.0 Å². The predicted octanol–water partition coefficient (Wildman–Crippen LogP) is 1.45. The molecule has 1 heterocycles. The molecule has 1 aromatic rings. The highest BCUT2D eigenvalue weighted by Crippen LogP contribution is 2.15. The number of rotatable bonds is 4. The molecule has 1 aliphatic rings. The lowest BCUT2D eigenvalue weighted by Crippen LogP contribution is -2.32. The van der Waals surface area contributed by atoms with E-state index in [0.29, 0.717) is 11.4 Å². The minimum absolute atomic E-state index is 0.0220. The molecule has 0 bridgehead atoms. The highest BCUT2D eigenvalue weighted by molar-refractivity contribution is 7.89.